The highest BCUT2D eigenvalue weighted by Crippen LogP contribution is 2.32. The zero-order chi connectivity index (χ0) is 13.5. The number of rotatable bonds is 2. The van der Waals surface area contributed by atoms with Crippen LogP contribution in [0.5, 0.6) is 0 Å². The molecule has 1 aliphatic heterocycles. The molecule has 1 atom stereocenters. The normalized spacial score (nSPS) is 23.1. The lowest BCUT2D eigenvalue weighted by molar-refractivity contribution is -0.157. The van der Waals surface area contributed by atoms with Crippen LogP contribution in [-0.2, 0) is 4.79 Å². The van der Waals surface area contributed by atoms with Gasteiger partial charge in [0.05, 0.1) is 5.69 Å². The molecule has 2 N–H and O–H groups in total. The first-order valence-corrected chi connectivity index (χ1v) is 5.09. The van der Waals surface area contributed by atoms with E-state index in [1.165, 1.54) is 6.92 Å². The first kappa shape index (κ1) is 12.4. The zero-order valence-corrected chi connectivity index (χ0v) is 9.39. The van der Waals surface area contributed by atoms with Crippen LogP contribution in [0.25, 0.3) is 0 Å². The molecule has 1 aliphatic rings. The van der Waals surface area contributed by atoms with Crippen LogP contribution in [0.1, 0.15) is 13.3 Å². The van der Waals surface area contributed by atoms with Gasteiger partial charge in [0.25, 0.3) is 5.72 Å². The third-order valence-electron chi connectivity index (χ3n) is 2.56. The van der Waals surface area contributed by atoms with Gasteiger partial charge in [0.15, 0.2) is 0 Å². The summed E-state index contributed by atoms with van der Waals surface area (Å²) in [5.74, 6) is -3.29. The van der Waals surface area contributed by atoms with Crippen molar-refractivity contribution in [2.45, 2.75) is 19.1 Å². The molecule has 0 radical (unpaired) electrons. The molecule has 7 heteroatoms. The monoisotopic (exact) mass is 256 g/mol. The number of halogens is 2. The fourth-order valence-corrected chi connectivity index (χ4v) is 1.82. The van der Waals surface area contributed by atoms with Gasteiger partial charge < -0.3 is 10.2 Å². The molecule has 0 aliphatic carbocycles. The predicted octanol–water partition coefficient (Wildman–Crippen LogP) is 1.32. The van der Waals surface area contributed by atoms with E-state index in [2.05, 4.69) is 5.10 Å². The van der Waals surface area contributed by atoms with Gasteiger partial charge in [0.2, 0.25) is 0 Å². The number of carboxylic acids is 1. The quantitative estimate of drug-likeness (QED) is 0.837. The minimum Gasteiger partial charge on any atom is -0.478 e. The molecule has 0 amide bonds. The van der Waals surface area contributed by atoms with Gasteiger partial charge in [-0.15, -0.1) is 0 Å². The number of hydrazone groups is 1. The van der Waals surface area contributed by atoms with E-state index in [0.717, 1.165) is 12.1 Å². The molecule has 1 aromatic rings. The molecule has 1 unspecified atom stereocenters. The Morgan fingerprint density at radius 2 is 1.94 bits per heavy atom. The van der Waals surface area contributed by atoms with Gasteiger partial charge in [-0.3, -0.25) is 0 Å². The van der Waals surface area contributed by atoms with Crippen molar-refractivity contribution in [2.75, 3.05) is 5.01 Å². The number of nitrogens with zero attached hydrogens (tertiary/aromatic N) is 2. The zero-order valence-electron chi connectivity index (χ0n) is 9.39. The minimum absolute atomic E-state index is 0.158. The van der Waals surface area contributed by atoms with Gasteiger partial charge in [0.1, 0.15) is 11.6 Å². The lowest BCUT2D eigenvalue weighted by Crippen LogP contribution is -2.50. The molecule has 0 bridgehead atoms. The van der Waals surface area contributed by atoms with E-state index in [9.17, 15) is 18.7 Å². The molecule has 1 aromatic carbocycles. The van der Waals surface area contributed by atoms with Crippen molar-refractivity contribution in [3.05, 3.63) is 29.8 Å². The Hall–Kier alpha value is -2.02. The number of benzene rings is 1. The standard InChI is InChI=1S/C11H10F2N2O3/c1-6-5-11(18,10(16)17)15(14-6)9-3-7(12)2-8(13)4-9/h2-4,18H,5H2,1H3,(H,16,17). The van der Waals surface area contributed by atoms with Crippen LogP contribution in [0, 0.1) is 11.6 Å². The predicted molar refractivity (Wildman–Crippen MR) is 59.1 cm³/mol. The summed E-state index contributed by atoms with van der Waals surface area (Å²) in [6.07, 6.45) is -0.236. The molecule has 2 rings (SSSR count). The number of carboxylic acid groups (broad SMARTS) is 1. The molecule has 0 spiro atoms. The summed E-state index contributed by atoms with van der Waals surface area (Å²) < 4.78 is 26.2. The summed E-state index contributed by atoms with van der Waals surface area (Å²) in [5, 5.41) is 23.5. The van der Waals surface area contributed by atoms with E-state index in [-0.39, 0.29) is 12.1 Å². The summed E-state index contributed by atoms with van der Waals surface area (Å²) in [6.45, 7) is 1.52. The van der Waals surface area contributed by atoms with Gasteiger partial charge in [0, 0.05) is 18.2 Å². The average Bonchev–Trinajstić information content (AvgIpc) is 2.54. The lowest BCUT2D eigenvalue weighted by atomic mass is 10.1. The smallest absolute Gasteiger partial charge is 0.359 e. The topological polar surface area (TPSA) is 73.1 Å². The Labute approximate surface area is 101 Å². The summed E-state index contributed by atoms with van der Waals surface area (Å²) in [5.41, 5.74) is -2.12. The van der Waals surface area contributed by atoms with Crippen LogP contribution in [0.2, 0.25) is 0 Å². The molecule has 0 fully saturated rings. The second kappa shape index (κ2) is 4.02. The first-order valence-electron chi connectivity index (χ1n) is 5.09. The largest absolute Gasteiger partial charge is 0.478 e. The molecule has 0 aromatic heterocycles. The fourth-order valence-electron chi connectivity index (χ4n) is 1.82. The minimum atomic E-state index is -2.32. The Kier molecular flexibility index (Phi) is 2.78. The van der Waals surface area contributed by atoms with Crippen LogP contribution < -0.4 is 5.01 Å². The molecular formula is C11H10F2N2O3. The maximum Gasteiger partial charge on any atom is 0.359 e. The third-order valence-corrected chi connectivity index (χ3v) is 2.56. The lowest BCUT2D eigenvalue weighted by Gasteiger charge is -2.28. The van der Waals surface area contributed by atoms with Crippen molar-refractivity contribution < 1.29 is 23.8 Å². The molecule has 5 nitrogen and oxygen atoms in total. The number of hydrogen-bond donors (Lipinski definition) is 2. The van der Waals surface area contributed by atoms with Crippen molar-refractivity contribution in [3.8, 4) is 0 Å². The maximum atomic E-state index is 13.1. The number of anilines is 1. The molecule has 96 valence electrons. The van der Waals surface area contributed by atoms with Crippen LogP contribution in [0.3, 0.4) is 0 Å². The Morgan fingerprint density at radius 1 is 1.39 bits per heavy atom. The third kappa shape index (κ3) is 1.92. The molecule has 1 heterocycles. The van der Waals surface area contributed by atoms with E-state index in [4.69, 9.17) is 5.11 Å². The van der Waals surface area contributed by atoms with Gasteiger partial charge in [-0.05, 0) is 19.1 Å². The van der Waals surface area contributed by atoms with E-state index < -0.39 is 23.3 Å². The molecule has 0 saturated heterocycles. The Bertz CT molecular complexity index is 527. The van der Waals surface area contributed by atoms with Crippen molar-refractivity contribution >= 4 is 17.4 Å². The molecule has 18 heavy (non-hydrogen) atoms. The molecular weight excluding hydrogens is 246 g/mol. The van der Waals surface area contributed by atoms with E-state index in [1.807, 2.05) is 0 Å². The van der Waals surface area contributed by atoms with E-state index >= 15 is 0 Å². The summed E-state index contributed by atoms with van der Waals surface area (Å²) >= 11 is 0. The highest BCUT2D eigenvalue weighted by Gasteiger charge is 2.48. The van der Waals surface area contributed by atoms with Crippen LogP contribution in [-0.4, -0.2) is 27.6 Å². The van der Waals surface area contributed by atoms with Gasteiger partial charge in [-0.1, -0.05) is 0 Å². The summed E-state index contributed by atoms with van der Waals surface area (Å²) in [7, 11) is 0. The van der Waals surface area contributed by atoms with E-state index in [0.29, 0.717) is 16.8 Å². The number of hydrogen-bond acceptors (Lipinski definition) is 4. The highest BCUT2D eigenvalue weighted by atomic mass is 19.1. The van der Waals surface area contributed by atoms with E-state index in [1.54, 1.807) is 0 Å². The van der Waals surface area contributed by atoms with Crippen molar-refractivity contribution in [1.82, 2.24) is 0 Å². The van der Waals surface area contributed by atoms with Crippen LogP contribution in [0.15, 0.2) is 23.3 Å². The number of aliphatic hydroxyl groups is 1. The summed E-state index contributed by atoms with van der Waals surface area (Å²) in [4.78, 5) is 11.1. The van der Waals surface area contributed by atoms with Gasteiger partial charge in [-0.25, -0.2) is 18.6 Å². The Balaban J connectivity index is 2.50. The highest BCUT2D eigenvalue weighted by molar-refractivity contribution is 5.96. The van der Waals surface area contributed by atoms with Crippen molar-refractivity contribution in [1.29, 1.82) is 0 Å². The fraction of sp³-hybridized carbons (Fsp3) is 0.273. The Morgan fingerprint density at radius 3 is 2.44 bits per heavy atom. The SMILES string of the molecule is CC1=NN(c2cc(F)cc(F)c2)C(O)(C(=O)O)C1. The second-order valence-corrected chi connectivity index (χ2v) is 4.07. The number of aliphatic carboxylic acids is 1. The van der Waals surface area contributed by atoms with Crippen LogP contribution >= 0.6 is 0 Å². The van der Waals surface area contributed by atoms with Gasteiger partial charge in [-0.2, -0.15) is 5.10 Å². The molecule has 0 saturated carbocycles. The van der Waals surface area contributed by atoms with Crippen LogP contribution in [0.4, 0.5) is 14.5 Å². The summed E-state index contributed by atoms with van der Waals surface area (Å²) in [6, 6.07) is 2.45. The average molecular weight is 256 g/mol. The first-order chi connectivity index (χ1) is 8.33. The number of carbonyl (C=O) groups is 1. The second-order valence-electron chi connectivity index (χ2n) is 4.07. The maximum absolute atomic E-state index is 13.1. The van der Waals surface area contributed by atoms with Crippen molar-refractivity contribution in [3.63, 3.8) is 0 Å². The van der Waals surface area contributed by atoms with Crippen molar-refractivity contribution in [2.24, 2.45) is 5.10 Å². The van der Waals surface area contributed by atoms with Gasteiger partial charge >= 0.3 is 5.97 Å².